The molecule has 0 saturated carbocycles. The number of aliphatic carboxylic acids is 1. The van der Waals surface area contributed by atoms with Gasteiger partial charge in [-0.1, -0.05) is 30.4 Å². The maximum atomic E-state index is 12.7. The van der Waals surface area contributed by atoms with Crippen molar-refractivity contribution in [2.45, 2.75) is 50.2 Å². The Kier molecular flexibility index (Phi) is 9.54. The molecule has 0 aliphatic carbocycles. The van der Waals surface area contributed by atoms with Crippen LogP contribution < -0.4 is 4.74 Å². The van der Waals surface area contributed by atoms with Crippen LogP contribution in [0.4, 0.5) is 13.2 Å². The van der Waals surface area contributed by atoms with Crippen LogP contribution in [0.2, 0.25) is 0 Å². The summed E-state index contributed by atoms with van der Waals surface area (Å²) in [5.41, 5.74) is -0.831. The van der Waals surface area contributed by atoms with E-state index in [1.54, 1.807) is 6.08 Å². The van der Waals surface area contributed by atoms with Crippen molar-refractivity contribution >= 4 is 5.97 Å². The molecule has 6 nitrogen and oxygen atoms in total. The molecule has 3 N–H and O–H groups in total. The number of hydrogen-bond donors (Lipinski definition) is 3. The number of hydrogen-bond acceptors (Lipinski definition) is 5. The van der Waals surface area contributed by atoms with Crippen molar-refractivity contribution in [2.24, 2.45) is 5.92 Å². The average Bonchev–Trinajstić information content (AvgIpc) is 3.06. The molecule has 1 aromatic carbocycles. The lowest BCUT2D eigenvalue weighted by Crippen LogP contribution is -2.23. The van der Waals surface area contributed by atoms with E-state index in [1.165, 1.54) is 18.2 Å². The van der Waals surface area contributed by atoms with Gasteiger partial charge in [0, 0.05) is 12.3 Å². The zero-order valence-corrected chi connectivity index (χ0v) is 16.9. The molecule has 1 aromatic rings. The SMILES string of the molecule is O=C(O)CCC/C=C\C[C@H]1[C@@H](O)CO[C@@H]1/C=C/[C@H](O)COc1cccc(C(F)(F)F)c1. The zero-order valence-electron chi connectivity index (χ0n) is 16.9. The van der Waals surface area contributed by atoms with Crippen molar-refractivity contribution in [1.29, 1.82) is 0 Å². The molecule has 1 aliphatic heterocycles. The topological polar surface area (TPSA) is 96.2 Å². The van der Waals surface area contributed by atoms with E-state index >= 15 is 0 Å². The van der Waals surface area contributed by atoms with Crippen molar-refractivity contribution in [2.75, 3.05) is 13.2 Å². The second-order valence-corrected chi connectivity index (χ2v) is 7.31. The molecule has 9 heteroatoms. The minimum Gasteiger partial charge on any atom is -0.491 e. The smallest absolute Gasteiger partial charge is 0.416 e. The van der Waals surface area contributed by atoms with E-state index in [4.69, 9.17) is 14.6 Å². The highest BCUT2D eigenvalue weighted by Gasteiger charge is 2.33. The molecule has 4 atom stereocenters. The van der Waals surface area contributed by atoms with Crippen LogP contribution >= 0.6 is 0 Å². The van der Waals surface area contributed by atoms with Crippen LogP contribution in [0.1, 0.15) is 31.2 Å². The van der Waals surface area contributed by atoms with Gasteiger partial charge in [0.2, 0.25) is 0 Å². The third kappa shape index (κ3) is 8.72. The van der Waals surface area contributed by atoms with Gasteiger partial charge in [0.25, 0.3) is 0 Å². The number of halogens is 3. The van der Waals surface area contributed by atoms with Crippen LogP contribution in [-0.2, 0) is 15.7 Å². The minimum atomic E-state index is -4.47. The van der Waals surface area contributed by atoms with Crippen LogP contribution in [0.25, 0.3) is 0 Å². The molecule has 0 bridgehead atoms. The second-order valence-electron chi connectivity index (χ2n) is 7.31. The summed E-state index contributed by atoms with van der Waals surface area (Å²) >= 11 is 0. The van der Waals surface area contributed by atoms with E-state index in [9.17, 15) is 28.2 Å². The van der Waals surface area contributed by atoms with Crippen molar-refractivity contribution in [3.05, 3.63) is 54.1 Å². The fraction of sp³-hybridized carbons (Fsp3) is 0.500. The van der Waals surface area contributed by atoms with Gasteiger partial charge in [-0.05, 0) is 37.5 Å². The predicted octanol–water partition coefficient (Wildman–Crippen LogP) is 3.58. The Hall–Kier alpha value is -2.36. The molecule has 2 rings (SSSR count). The molecular weight excluding hydrogens is 417 g/mol. The normalized spacial score (nSPS) is 22.9. The lowest BCUT2D eigenvalue weighted by molar-refractivity contribution is -0.138. The summed E-state index contributed by atoms with van der Waals surface area (Å²) in [6.07, 6.45) is 1.94. The molecule has 172 valence electrons. The first-order chi connectivity index (χ1) is 14.7. The van der Waals surface area contributed by atoms with E-state index in [1.807, 2.05) is 12.2 Å². The largest absolute Gasteiger partial charge is 0.491 e. The van der Waals surface area contributed by atoms with Gasteiger partial charge in [0.05, 0.1) is 24.4 Å². The number of carboxylic acid groups (broad SMARTS) is 1. The molecule has 31 heavy (non-hydrogen) atoms. The zero-order chi connectivity index (χ0) is 22.9. The molecular formula is C22H27F3O6. The molecule has 0 spiro atoms. The van der Waals surface area contributed by atoms with Crippen molar-refractivity contribution < 1.29 is 42.8 Å². The molecule has 1 aliphatic rings. The fourth-order valence-electron chi connectivity index (χ4n) is 3.14. The molecule has 1 heterocycles. The number of aliphatic hydroxyl groups excluding tert-OH is 2. The Labute approximate surface area is 178 Å². The molecule has 0 unspecified atom stereocenters. The van der Waals surface area contributed by atoms with Gasteiger partial charge in [-0.3, -0.25) is 4.79 Å². The van der Waals surface area contributed by atoms with Crippen molar-refractivity contribution in [3.63, 3.8) is 0 Å². The maximum Gasteiger partial charge on any atom is 0.416 e. The highest BCUT2D eigenvalue weighted by atomic mass is 19.4. The number of carboxylic acids is 1. The highest BCUT2D eigenvalue weighted by Crippen LogP contribution is 2.31. The van der Waals surface area contributed by atoms with Crippen LogP contribution in [0, 0.1) is 5.92 Å². The second kappa shape index (κ2) is 11.9. The highest BCUT2D eigenvalue weighted by molar-refractivity contribution is 5.66. The Morgan fingerprint density at radius 1 is 1.32 bits per heavy atom. The monoisotopic (exact) mass is 444 g/mol. The first-order valence-corrected chi connectivity index (χ1v) is 9.99. The number of carbonyl (C=O) groups is 1. The number of unbranched alkanes of at least 4 members (excludes halogenated alkanes) is 1. The third-order valence-electron chi connectivity index (χ3n) is 4.82. The van der Waals surface area contributed by atoms with Gasteiger partial charge < -0.3 is 24.8 Å². The van der Waals surface area contributed by atoms with Gasteiger partial charge in [0.1, 0.15) is 18.5 Å². The van der Waals surface area contributed by atoms with Gasteiger partial charge in [-0.15, -0.1) is 0 Å². The first-order valence-electron chi connectivity index (χ1n) is 9.99. The van der Waals surface area contributed by atoms with E-state index in [2.05, 4.69) is 0 Å². The van der Waals surface area contributed by atoms with E-state index < -0.39 is 36.0 Å². The summed E-state index contributed by atoms with van der Waals surface area (Å²) in [5, 5.41) is 28.8. The molecule has 1 fully saturated rings. The summed E-state index contributed by atoms with van der Waals surface area (Å²) in [5.74, 6) is -1.06. The van der Waals surface area contributed by atoms with Gasteiger partial charge in [0.15, 0.2) is 0 Å². The van der Waals surface area contributed by atoms with Crippen molar-refractivity contribution in [1.82, 2.24) is 0 Å². The standard InChI is InChI=1S/C22H27F3O6/c23-22(24,25)15-6-5-7-17(12-15)30-13-16(26)10-11-20-18(19(27)14-31-20)8-3-1-2-4-9-21(28)29/h1,3,5-7,10-12,16,18-20,26-27H,2,4,8-9,13-14H2,(H,28,29)/b3-1-,11-10+/t16-,18-,19-,20+/m0/s1. The summed E-state index contributed by atoms with van der Waals surface area (Å²) in [4.78, 5) is 10.5. The molecule has 0 amide bonds. The van der Waals surface area contributed by atoms with E-state index in [0.717, 1.165) is 12.1 Å². The fourth-order valence-corrected chi connectivity index (χ4v) is 3.14. The van der Waals surface area contributed by atoms with Crippen LogP contribution in [0.5, 0.6) is 5.75 Å². The molecule has 0 radical (unpaired) electrons. The molecule has 0 aromatic heterocycles. The maximum absolute atomic E-state index is 12.7. The van der Waals surface area contributed by atoms with E-state index in [0.29, 0.717) is 19.3 Å². The average molecular weight is 444 g/mol. The summed E-state index contributed by atoms with van der Waals surface area (Å²) in [7, 11) is 0. The lowest BCUT2D eigenvalue weighted by atomic mass is 9.94. The summed E-state index contributed by atoms with van der Waals surface area (Å²) in [6, 6.07) is 4.41. The Morgan fingerprint density at radius 2 is 2.10 bits per heavy atom. The number of aliphatic hydroxyl groups is 2. The van der Waals surface area contributed by atoms with Gasteiger partial charge >= 0.3 is 12.1 Å². The van der Waals surface area contributed by atoms with Crippen molar-refractivity contribution in [3.8, 4) is 5.75 Å². The van der Waals surface area contributed by atoms with Crippen LogP contribution in [-0.4, -0.2) is 52.8 Å². The quantitative estimate of drug-likeness (QED) is 0.357. The lowest BCUT2D eigenvalue weighted by Gasteiger charge is -2.16. The van der Waals surface area contributed by atoms with E-state index in [-0.39, 0.29) is 31.3 Å². The molecule has 1 saturated heterocycles. The third-order valence-corrected chi connectivity index (χ3v) is 4.82. The number of alkyl halides is 3. The van der Waals surface area contributed by atoms with Crippen LogP contribution in [0.3, 0.4) is 0 Å². The minimum absolute atomic E-state index is 0.000672. The summed E-state index contributed by atoms with van der Waals surface area (Å²) < 4.78 is 49.0. The van der Waals surface area contributed by atoms with Gasteiger partial charge in [-0.25, -0.2) is 0 Å². The number of ether oxygens (including phenoxy) is 2. The Bertz CT molecular complexity index is 762. The number of rotatable bonds is 11. The predicted molar refractivity (Wildman–Crippen MR) is 107 cm³/mol. The summed E-state index contributed by atoms with van der Waals surface area (Å²) in [6.45, 7) is -0.0788. The first kappa shape index (κ1) is 24.9. The number of benzene rings is 1. The Balaban J connectivity index is 1.81. The Morgan fingerprint density at radius 3 is 2.81 bits per heavy atom. The number of allylic oxidation sites excluding steroid dienone is 2. The van der Waals surface area contributed by atoms with Gasteiger partial charge in [-0.2, -0.15) is 13.2 Å². The van der Waals surface area contributed by atoms with Crippen LogP contribution in [0.15, 0.2) is 48.6 Å².